The number of amides is 2. The second-order valence-electron chi connectivity index (χ2n) is 6.67. The van der Waals surface area contributed by atoms with Crippen LogP contribution < -0.4 is 15.6 Å². The summed E-state index contributed by atoms with van der Waals surface area (Å²) in [6.45, 7) is 2.60. The van der Waals surface area contributed by atoms with Gasteiger partial charge < -0.3 is 10.6 Å². The number of hydrogen-bond donors (Lipinski definition) is 2. The molecule has 156 valence electrons. The average molecular weight is 430 g/mol. The van der Waals surface area contributed by atoms with Crippen molar-refractivity contribution in [2.24, 2.45) is 5.10 Å². The molecule has 9 nitrogen and oxygen atoms in total. The van der Waals surface area contributed by atoms with Gasteiger partial charge in [-0.2, -0.15) is 5.10 Å². The quantitative estimate of drug-likeness (QED) is 0.398. The van der Waals surface area contributed by atoms with Gasteiger partial charge in [0.15, 0.2) is 0 Å². The second-order valence-corrected chi connectivity index (χ2v) is 7.08. The zero-order valence-corrected chi connectivity index (χ0v) is 17.0. The largest absolute Gasteiger partial charge is 0.383 e. The summed E-state index contributed by atoms with van der Waals surface area (Å²) in [5, 5.41) is 22.4. The first-order chi connectivity index (χ1) is 14.3. The maximum absolute atomic E-state index is 12.4. The number of hydrogen-bond acceptors (Lipinski definition) is 6. The summed E-state index contributed by atoms with van der Waals surface area (Å²) in [6, 6.07) is 11.2. The summed E-state index contributed by atoms with van der Waals surface area (Å²) >= 11 is 6.13. The number of rotatable bonds is 7. The molecule has 0 radical (unpaired) electrons. The van der Waals surface area contributed by atoms with Crippen molar-refractivity contribution in [2.45, 2.75) is 19.8 Å². The molecule has 3 rings (SSSR count). The highest BCUT2D eigenvalue weighted by molar-refractivity contribution is 6.40. The van der Waals surface area contributed by atoms with E-state index in [-0.39, 0.29) is 36.1 Å². The zero-order valence-electron chi connectivity index (χ0n) is 16.2. The van der Waals surface area contributed by atoms with Crippen LogP contribution in [0.1, 0.15) is 18.4 Å². The summed E-state index contributed by atoms with van der Waals surface area (Å²) in [7, 11) is 0. The van der Waals surface area contributed by atoms with Crippen LogP contribution in [-0.4, -0.2) is 35.5 Å². The summed E-state index contributed by atoms with van der Waals surface area (Å²) in [5.74, 6) is -0.553. The number of aryl methyl sites for hydroxylation is 1. The Morgan fingerprint density at radius 3 is 2.60 bits per heavy atom. The first-order valence-electron chi connectivity index (χ1n) is 9.28. The molecule has 2 N–H and O–H groups in total. The van der Waals surface area contributed by atoms with E-state index < -0.39 is 4.92 Å². The number of nitrogens with zero attached hydrogens (tertiary/aromatic N) is 3. The molecule has 1 heterocycles. The van der Waals surface area contributed by atoms with Crippen molar-refractivity contribution < 1.29 is 14.5 Å². The fraction of sp³-hybridized carbons (Fsp3) is 0.250. The number of carbonyl (C=O) groups excluding carboxylic acids is 2. The van der Waals surface area contributed by atoms with Gasteiger partial charge >= 0.3 is 0 Å². The lowest BCUT2D eigenvalue weighted by atomic mass is 10.1. The van der Waals surface area contributed by atoms with Crippen molar-refractivity contribution in [1.82, 2.24) is 5.32 Å². The topological polar surface area (TPSA) is 117 Å². The van der Waals surface area contributed by atoms with Crippen molar-refractivity contribution in [2.75, 3.05) is 23.4 Å². The lowest BCUT2D eigenvalue weighted by Gasteiger charge is -2.23. The van der Waals surface area contributed by atoms with Gasteiger partial charge in [-0.1, -0.05) is 17.7 Å². The van der Waals surface area contributed by atoms with E-state index in [2.05, 4.69) is 15.7 Å². The van der Waals surface area contributed by atoms with E-state index >= 15 is 0 Å². The number of halogens is 1. The second kappa shape index (κ2) is 9.36. The third kappa shape index (κ3) is 5.12. The van der Waals surface area contributed by atoms with Crippen LogP contribution in [0.25, 0.3) is 0 Å². The van der Waals surface area contributed by atoms with Crippen LogP contribution in [0.3, 0.4) is 0 Å². The first kappa shape index (κ1) is 21.3. The molecule has 0 saturated heterocycles. The monoisotopic (exact) mass is 429 g/mol. The van der Waals surface area contributed by atoms with E-state index in [1.165, 1.54) is 17.1 Å². The lowest BCUT2D eigenvalue weighted by molar-refractivity contribution is -0.384. The molecule has 2 amide bonds. The van der Waals surface area contributed by atoms with Gasteiger partial charge in [0.1, 0.15) is 5.71 Å². The molecule has 0 bridgehead atoms. The van der Waals surface area contributed by atoms with Gasteiger partial charge in [-0.05, 0) is 36.8 Å². The van der Waals surface area contributed by atoms with Crippen LogP contribution >= 0.6 is 11.6 Å². The van der Waals surface area contributed by atoms with E-state index in [9.17, 15) is 19.7 Å². The number of non-ortho nitro benzene ring substituents is 1. The Kier molecular flexibility index (Phi) is 6.63. The molecule has 0 unspecified atom stereocenters. The average Bonchev–Trinajstić information content (AvgIpc) is 2.73. The van der Waals surface area contributed by atoms with Gasteiger partial charge in [-0.15, -0.1) is 0 Å². The summed E-state index contributed by atoms with van der Waals surface area (Å²) in [5.41, 5.74) is 2.38. The number of nitro groups is 1. The highest BCUT2D eigenvalue weighted by atomic mass is 35.5. The minimum atomic E-state index is -0.465. The summed E-state index contributed by atoms with van der Waals surface area (Å²) < 4.78 is 0. The molecule has 30 heavy (non-hydrogen) atoms. The predicted octanol–water partition coefficient (Wildman–Crippen LogP) is 3.27. The predicted molar refractivity (Wildman–Crippen MR) is 115 cm³/mol. The molecule has 0 aliphatic carbocycles. The Morgan fingerprint density at radius 1 is 1.20 bits per heavy atom. The zero-order chi connectivity index (χ0) is 21.7. The maximum atomic E-state index is 12.4. The third-order valence-corrected chi connectivity index (χ3v) is 4.92. The molecule has 0 atom stereocenters. The molecular weight excluding hydrogens is 410 g/mol. The van der Waals surface area contributed by atoms with E-state index in [0.717, 1.165) is 5.56 Å². The Labute approximate surface area is 177 Å². The highest BCUT2D eigenvalue weighted by Gasteiger charge is 2.25. The normalized spacial score (nSPS) is 13.6. The Balaban J connectivity index is 1.55. The Morgan fingerprint density at radius 2 is 1.93 bits per heavy atom. The number of hydrazone groups is 1. The van der Waals surface area contributed by atoms with Crippen molar-refractivity contribution in [1.29, 1.82) is 0 Å². The molecule has 1 aliphatic rings. The number of carbonyl (C=O) groups is 2. The first-order valence-corrected chi connectivity index (χ1v) is 9.66. The van der Waals surface area contributed by atoms with E-state index in [1.807, 2.05) is 6.92 Å². The van der Waals surface area contributed by atoms with Crippen LogP contribution in [-0.2, 0) is 9.59 Å². The molecule has 10 heteroatoms. The molecule has 2 aromatic carbocycles. The molecule has 0 aromatic heterocycles. The number of anilines is 2. The number of nitro benzene ring substituents is 1. The van der Waals surface area contributed by atoms with Gasteiger partial charge in [0, 0.05) is 48.8 Å². The Bertz CT molecular complexity index is 1010. The van der Waals surface area contributed by atoms with Gasteiger partial charge in [-0.25, -0.2) is 5.01 Å². The van der Waals surface area contributed by atoms with Crippen molar-refractivity contribution >= 4 is 46.2 Å². The highest BCUT2D eigenvalue weighted by Crippen LogP contribution is 2.26. The molecule has 1 aliphatic heterocycles. The minimum absolute atomic E-state index is 0.0122. The number of nitrogens with one attached hydrogen (secondary N) is 2. The molecule has 0 saturated carbocycles. The summed E-state index contributed by atoms with van der Waals surface area (Å²) in [6.07, 6.45) is 0.440. The van der Waals surface area contributed by atoms with Gasteiger partial charge in [0.05, 0.1) is 10.6 Å². The van der Waals surface area contributed by atoms with E-state index in [4.69, 9.17) is 11.6 Å². The van der Waals surface area contributed by atoms with Gasteiger partial charge in [-0.3, -0.25) is 19.7 Å². The van der Waals surface area contributed by atoms with Gasteiger partial charge in [0.2, 0.25) is 5.91 Å². The fourth-order valence-corrected chi connectivity index (χ4v) is 2.99. The van der Waals surface area contributed by atoms with E-state index in [0.29, 0.717) is 29.5 Å². The maximum Gasteiger partial charge on any atom is 0.269 e. The lowest BCUT2D eigenvalue weighted by Crippen LogP contribution is -2.40. The SMILES string of the molecule is Cc1ccc(N2N=C(C(=O)NCCNc3ccc([N+](=O)[O-])cc3)CCC2=O)cc1Cl. The van der Waals surface area contributed by atoms with Crippen LogP contribution in [0.15, 0.2) is 47.6 Å². The molecule has 2 aromatic rings. The van der Waals surface area contributed by atoms with Gasteiger partial charge in [0.25, 0.3) is 11.6 Å². The fourth-order valence-electron chi connectivity index (χ4n) is 2.82. The van der Waals surface area contributed by atoms with Crippen molar-refractivity contribution in [3.63, 3.8) is 0 Å². The van der Waals surface area contributed by atoms with Crippen LogP contribution in [0.2, 0.25) is 5.02 Å². The van der Waals surface area contributed by atoms with Crippen LogP contribution in [0, 0.1) is 17.0 Å². The molecule has 0 fully saturated rings. The minimum Gasteiger partial charge on any atom is -0.383 e. The summed E-state index contributed by atoms with van der Waals surface area (Å²) in [4.78, 5) is 34.9. The van der Waals surface area contributed by atoms with Crippen molar-refractivity contribution in [3.8, 4) is 0 Å². The smallest absolute Gasteiger partial charge is 0.269 e. The third-order valence-electron chi connectivity index (χ3n) is 4.51. The standard InChI is InChI=1S/C20H20ClN5O4/c1-13-2-5-16(12-17(13)21)25-19(27)9-8-18(24-25)20(28)23-11-10-22-14-3-6-15(7-4-14)26(29)30/h2-7,12,22H,8-11H2,1H3,(H,23,28). The van der Waals surface area contributed by atoms with Crippen LogP contribution in [0.5, 0.6) is 0 Å². The van der Waals surface area contributed by atoms with E-state index in [1.54, 1.807) is 30.3 Å². The Hall–Kier alpha value is -3.46. The van der Waals surface area contributed by atoms with Crippen LogP contribution in [0.4, 0.5) is 17.1 Å². The number of benzene rings is 2. The molecular formula is C20H20ClN5O4. The molecule has 0 spiro atoms. The van der Waals surface area contributed by atoms with Crippen molar-refractivity contribution in [3.05, 3.63) is 63.2 Å².